The van der Waals surface area contributed by atoms with Gasteiger partial charge >= 0.3 is 8.05 Å². The second kappa shape index (κ2) is 3.80. The number of nitrogens with one attached hydrogen (secondary N) is 1. The molecule has 0 aliphatic carbocycles. The van der Waals surface area contributed by atoms with Crippen LogP contribution in [0.25, 0.3) is 0 Å². The predicted octanol–water partition coefficient (Wildman–Crippen LogP) is 0.0570. The number of benzene rings is 1. The molecule has 1 aromatic rings. The maximum absolute atomic E-state index is 11.2. The standard InChI is InChI=1S/C7H8BNO3S/c1-9-13(10,11)7-4-2-6(12-8)3-5-7/h2-5,9H,1H3. The van der Waals surface area contributed by atoms with E-state index in [9.17, 15) is 8.42 Å². The Labute approximate surface area is 78.4 Å². The highest BCUT2D eigenvalue weighted by Crippen LogP contribution is 2.14. The van der Waals surface area contributed by atoms with Gasteiger partial charge in [-0.15, -0.1) is 0 Å². The molecule has 0 fully saturated rings. The highest BCUT2D eigenvalue weighted by atomic mass is 32.2. The molecule has 0 aliphatic heterocycles. The summed E-state index contributed by atoms with van der Waals surface area (Å²) >= 11 is 0. The minimum absolute atomic E-state index is 0.177. The van der Waals surface area contributed by atoms with Crippen molar-refractivity contribution < 1.29 is 13.1 Å². The lowest BCUT2D eigenvalue weighted by molar-refractivity contribution is 0.587. The van der Waals surface area contributed by atoms with Crippen LogP contribution >= 0.6 is 0 Å². The molecule has 0 saturated carbocycles. The van der Waals surface area contributed by atoms with Crippen molar-refractivity contribution >= 4 is 18.1 Å². The maximum Gasteiger partial charge on any atom is 0.374 e. The normalized spacial score (nSPS) is 11.2. The summed E-state index contributed by atoms with van der Waals surface area (Å²) in [5, 5.41) is 0. The molecule has 1 rings (SSSR count). The summed E-state index contributed by atoms with van der Waals surface area (Å²) in [6.45, 7) is 0. The molecule has 0 amide bonds. The topological polar surface area (TPSA) is 55.4 Å². The molecule has 2 radical (unpaired) electrons. The fraction of sp³-hybridized carbons (Fsp3) is 0.143. The zero-order valence-corrected chi connectivity index (χ0v) is 7.84. The van der Waals surface area contributed by atoms with Crippen molar-refractivity contribution in [2.75, 3.05) is 7.05 Å². The molecule has 0 aromatic heterocycles. The average molecular weight is 197 g/mol. The molecule has 68 valence electrons. The van der Waals surface area contributed by atoms with Crippen LogP contribution in [0.5, 0.6) is 5.75 Å². The lowest BCUT2D eigenvalue weighted by atomic mass is 10.3. The molecule has 0 spiro atoms. The molecule has 1 aromatic carbocycles. The Morgan fingerprint density at radius 1 is 1.31 bits per heavy atom. The third-order valence-corrected chi connectivity index (χ3v) is 2.97. The van der Waals surface area contributed by atoms with E-state index in [2.05, 4.69) is 9.38 Å². The van der Waals surface area contributed by atoms with Crippen LogP contribution in [0, 0.1) is 0 Å². The average Bonchev–Trinajstić information content (AvgIpc) is 2.18. The molecule has 0 unspecified atom stereocenters. The second-order valence-corrected chi connectivity index (χ2v) is 4.18. The van der Waals surface area contributed by atoms with E-state index >= 15 is 0 Å². The molecule has 6 heteroatoms. The van der Waals surface area contributed by atoms with Crippen LogP contribution in [-0.4, -0.2) is 23.5 Å². The van der Waals surface area contributed by atoms with E-state index in [1.807, 2.05) is 0 Å². The van der Waals surface area contributed by atoms with Gasteiger partial charge in [0.25, 0.3) is 0 Å². The van der Waals surface area contributed by atoms with E-state index in [0.29, 0.717) is 5.75 Å². The molecule has 0 heterocycles. The zero-order chi connectivity index (χ0) is 9.90. The van der Waals surface area contributed by atoms with Gasteiger partial charge in [-0.05, 0) is 31.3 Å². The first-order valence-corrected chi connectivity index (χ1v) is 4.99. The molecule has 0 atom stereocenters. The maximum atomic E-state index is 11.2. The van der Waals surface area contributed by atoms with E-state index in [1.165, 1.54) is 31.3 Å². The van der Waals surface area contributed by atoms with Crippen LogP contribution < -0.4 is 9.38 Å². The minimum Gasteiger partial charge on any atom is -0.568 e. The molecular formula is C7H8BNO3S. The van der Waals surface area contributed by atoms with Crippen molar-refractivity contribution in [3.05, 3.63) is 24.3 Å². The van der Waals surface area contributed by atoms with E-state index in [1.54, 1.807) is 0 Å². The van der Waals surface area contributed by atoms with Crippen LogP contribution in [0.3, 0.4) is 0 Å². The Morgan fingerprint density at radius 2 is 1.85 bits per heavy atom. The van der Waals surface area contributed by atoms with Gasteiger partial charge < -0.3 is 4.65 Å². The fourth-order valence-corrected chi connectivity index (χ4v) is 1.55. The summed E-state index contributed by atoms with van der Waals surface area (Å²) in [7, 11) is 2.86. The van der Waals surface area contributed by atoms with Gasteiger partial charge in [0.2, 0.25) is 10.0 Å². The lowest BCUT2D eigenvalue weighted by Crippen LogP contribution is -2.18. The molecule has 0 saturated heterocycles. The molecule has 4 nitrogen and oxygen atoms in total. The number of hydrogen-bond donors (Lipinski definition) is 1. The summed E-state index contributed by atoms with van der Waals surface area (Å²) < 4.78 is 29.0. The third kappa shape index (κ3) is 2.23. The van der Waals surface area contributed by atoms with Crippen LogP contribution in [-0.2, 0) is 10.0 Å². The molecular weight excluding hydrogens is 189 g/mol. The van der Waals surface area contributed by atoms with E-state index < -0.39 is 10.0 Å². The van der Waals surface area contributed by atoms with Gasteiger partial charge in [0.05, 0.1) is 10.6 Å². The van der Waals surface area contributed by atoms with Gasteiger partial charge in [0.15, 0.2) is 0 Å². The first kappa shape index (κ1) is 10.1. The number of rotatable bonds is 3. The van der Waals surface area contributed by atoms with Gasteiger partial charge in [-0.1, -0.05) is 0 Å². The molecule has 1 N–H and O–H groups in total. The Bertz CT molecular complexity index is 373. The summed E-state index contributed by atoms with van der Waals surface area (Å²) in [6.07, 6.45) is 0. The van der Waals surface area contributed by atoms with Crippen molar-refractivity contribution in [2.45, 2.75) is 4.90 Å². The van der Waals surface area contributed by atoms with Crippen molar-refractivity contribution in [1.29, 1.82) is 0 Å². The summed E-state index contributed by atoms with van der Waals surface area (Å²) in [5.41, 5.74) is 0. The third-order valence-electron chi connectivity index (χ3n) is 1.54. The van der Waals surface area contributed by atoms with Gasteiger partial charge in [0.1, 0.15) is 0 Å². The Hall–Kier alpha value is -1.01. The quantitative estimate of drug-likeness (QED) is 0.697. The van der Waals surface area contributed by atoms with Gasteiger partial charge in [-0.25, -0.2) is 13.1 Å². The number of hydrogen-bond acceptors (Lipinski definition) is 3. The van der Waals surface area contributed by atoms with Crippen LogP contribution in [0.15, 0.2) is 29.2 Å². The highest BCUT2D eigenvalue weighted by molar-refractivity contribution is 7.89. The molecule has 0 aliphatic rings. The summed E-state index contributed by atoms with van der Waals surface area (Å²) in [6, 6.07) is 5.77. The lowest BCUT2D eigenvalue weighted by Gasteiger charge is -2.03. The van der Waals surface area contributed by atoms with Crippen LogP contribution in [0.2, 0.25) is 0 Å². The zero-order valence-electron chi connectivity index (χ0n) is 7.02. The van der Waals surface area contributed by atoms with Gasteiger partial charge in [-0.2, -0.15) is 0 Å². The number of sulfonamides is 1. The van der Waals surface area contributed by atoms with Crippen molar-refractivity contribution in [1.82, 2.24) is 4.72 Å². The highest BCUT2D eigenvalue weighted by Gasteiger charge is 2.09. The van der Waals surface area contributed by atoms with Gasteiger partial charge in [-0.3, -0.25) is 0 Å². The van der Waals surface area contributed by atoms with Crippen LogP contribution in [0.1, 0.15) is 0 Å². The first-order chi connectivity index (χ1) is 6.10. The largest absolute Gasteiger partial charge is 0.568 e. The smallest absolute Gasteiger partial charge is 0.374 e. The monoisotopic (exact) mass is 197 g/mol. The van der Waals surface area contributed by atoms with E-state index in [4.69, 9.17) is 8.05 Å². The Balaban J connectivity index is 3.06. The van der Waals surface area contributed by atoms with Crippen LogP contribution in [0.4, 0.5) is 0 Å². The molecule has 0 bridgehead atoms. The summed E-state index contributed by atoms with van der Waals surface area (Å²) in [4.78, 5) is 0.177. The fourth-order valence-electron chi connectivity index (χ4n) is 0.815. The first-order valence-electron chi connectivity index (χ1n) is 3.50. The van der Waals surface area contributed by atoms with E-state index in [-0.39, 0.29) is 4.90 Å². The van der Waals surface area contributed by atoms with Gasteiger partial charge in [0, 0.05) is 0 Å². The van der Waals surface area contributed by atoms with E-state index in [0.717, 1.165) is 0 Å². The summed E-state index contributed by atoms with van der Waals surface area (Å²) in [5.74, 6) is 0.412. The second-order valence-electron chi connectivity index (χ2n) is 2.30. The van der Waals surface area contributed by atoms with Crippen molar-refractivity contribution in [3.63, 3.8) is 0 Å². The predicted molar refractivity (Wildman–Crippen MR) is 49.1 cm³/mol. The minimum atomic E-state index is -3.37. The Kier molecular flexibility index (Phi) is 2.95. The van der Waals surface area contributed by atoms with Crippen molar-refractivity contribution in [2.24, 2.45) is 0 Å². The Morgan fingerprint density at radius 3 is 2.23 bits per heavy atom. The molecule has 13 heavy (non-hydrogen) atoms. The van der Waals surface area contributed by atoms with Crippen molar-refractivity contribution in [3.8, 4) is 5.75 Å². The SMILES string of the molecule is [B]Oc1ccc(S(=O)(=O)NC)cc1.